The maximum atomic E-state index is 12.9. The van der Waals surface area contributed by atoms with Gasteiger partial charge >= 0.3 is 0 Å². The molecule has 6 rings (SSSR count). The summed E-state index contributed by atoms with van der Waals surface area (Å²) in [4.78, 5) is 31.1. The second kappa shape index (κ2) is 10.8. The molecule has 8 nitrogen and oxygen atoms in total. The molecule has 1 saturated heterocycles. The fourth-order valence-electron chi connectivity index (χ4n) is 5.20. The molecule has 3 heterocycles. The number of aliphatic hydroxyl groups is 1. The van der Waals surface area contributed by atoms with Gasteiger partial charge in [-0.3, -0.25) is 9.59 Å². The van der Waals surface area contributed by atoms with E-state index in [2.05, 4.69) is 4.98 Å². The predicted molar refractivity (Wildman–Crippen MR) is 149 cm³/mol. The summed E-state index contributed by atoms with van der Waals surface area (Å²) >= 11 is 12.4. The molecule has 0 aliphatic carbocycles. The molecule has 1 fully saturated rings. The van der Waals surface area contributed by atoms with Gasteiger partial charge in [-0.05, 0) is 35.4 Å². The van der Waals surface area contributed by atoms with Crippen molar-refractivity contribution in [3.05, 3.63) is 117 Å². The molecule has 0 saturated carbocycles. The molecule has 1 N–H and O–H groups in total. The van der Waals surface area contributed by atoms with Gasteiger partial charge in [-0.1, -0.05) is 78.7 Å². The summed E-state index contributed by atoms with van der Waals surface area (Å²) in [5.41, 5.74) is 3.72. The van der Waals surface area contributed by atoms with Crippen LogP contribution in [0.15, 0.2) is 79.1 Å². The number of aliphatic hydroxyl groups excluding tert-OH is 1. The Hall–Kier alpha value is -3.53. The Morgan fingerprint density at radius 2 is 1.50 bits per heavy atom. The summed E-state index contributed by atoms with van der Waals surface area (Å²) in [6.07, 6.45) is 0.190. The van der Waals surface area contributed by atoms with Gasteiger partial charge in [0.2, 0.25) is 0 Å². The molecule has 10 heteroatoms. The molecule has 0 unspecified atom stereocenters. The highest BCUT2D eigenvalue weighted by Crippen LogP contribution is 2.43. The van der Waals surface area contributed by atoms with Crippen LogP contribution < -0.4 is 4.90 Å². The third kappa shape index (κ3) is 4.72. The lowest BCUT2D eigenvalue weighted by Gasteiger charge is -2.41. The van der Waals surface area contributed by atoms with Crippen LogP contribution in [-0.4, -0.2) is 32.6 Å². The number of hydrogen-bond donors (Lipinski definition) is 1. The van der Waals surface area contributed by atoms with E-state index in [0.29, 0.717) is 28.5 Å². The minimum Gasteiger partial charge on any atom is -0.392 e. The van der Waals surface area contributed by atoms with Crippen LogP contribution in [0.3, 0.4) is 0 Å². The van der Waals surface area contributed by atoms with E-state index in [9.17, 15) is 14.7 Å². The second-order valence-electron chi connectivity index (χ2n) is 9.88. The molecular formula is C30H25Cl2N3O5. The number of ether oxygens (including phenoxy) is 2. The largest absolute Gasteiger partial charge is 0.392 e. The Labute approximate surface area is 240 Å². The second-order valence-corrected chi connectivity index (χ2v) is 10.6. The van der Waals surface area contributed by atoms with Gasteiger partial charge in [0.05, 0.1) is 48.5 Å². The number of hydrogen-bond acceptors (Lipinski definition) is 6. The third-order valence-corrected chi connectivity index (χ3v) is 8.22. The monoisotopic (exact) mass is 577 g/mol. The van der Waals surface area contributed by atoms with E-state index in [1.165, 1.54) is 4.90 Å². The Balaban J connectivity index is 1.29. The first-order valence-corrected chi connectivity index (χ1v) is 13.6. The minimum absolute atomic E-state index is 0.0466. The maximum absolute atomic E-state index is 12.9. The van der Waals surface area contributed by atoms with Gasteiger partial charge in [0.15, 0.2) is 11.4 Å². The highest BCUT2D eigenvalue weighted by atomic mass is 35.5. The number of imidazole rings is 1. The summed E-state index contributed by atoms with van der Waals surface area (Å²) in [6, 6.07) is 21.4. The summed E-state index contributed by atoms with van der Waals surface area (Å²) in [6.45, 7) is 2.40. The van der Waals surface area contributed by atoms with Gasteiger partial charge in [-0.15, -0.1) is 0 Å². The maximum Gasteiger partial charge on any atom is 0.266 e. The quantitative estimate of drug-likeness (QED) is 0.283. The standard InChI is InChI=1S/C30H25Cl2N3O5/c1-17-24(14-34-16-33-26(31)27(34)32)39-30(40-25(17)19-8-6-18(15-36)7-9-19)20-10-12-21(13-11-20)35-28(37)22-4-2-3-5-23(22)29(35)38/h2-13,16-17,24-25,30,36H,14-15H2,1H3/t17-,24+,25+,30+/m1/s1. The van der Waals surface area contributed by atoms with Crippen molar-refractivity contribution in [2.75, 3.05) is 4.90 Å². The fraction of sp³-hybridized carbons (Fsp3) is 0.233. The number of anilines is 1. The lowest BCUT2D eigenvalue weighted by Crippen LogP contribution is -2.39. The first kappa shape index (κ1) is 26.7. The lowest BCUT2D eigenvalue weighted by atomic mass is 9.90. The average Bonchev–Trinajstić information content (AvgIpc) is 3.44. The molecule has 2 amide bonds. The molecule has 40 heavy (non-hydrogen) atoms. The van der Waals surface area contributed by atoms with Gasteiger partial charge in [0.1, 0.15) is 5.15 Å². The number of fused-ring (bicyclic) bond motifs is 1. The summed E-state index contributed by atoms with van der Waals surface area (Å²) in [5, 5.41) is 10.0. The molecule has 4 aromatic rings. The highest BCUT2D eigenvalue weighted by Gasteiger charge is 2.40. The van der Waals surface area contributed by atoms with E-state index in [0.717, 1.165) is 16.7 Å². The Morgan fingerprint density at radius 1 is 0.875 bits per heavy atom. The molecule has 0 bridgehead atoms. The first-order valence-electron chi connectivity index (χ1n) is 12.8. The molecule has 2 aliphatic rings. The number of amides is 2. The number of aromatic nitrogens is 2. The SMILES string of the molecule is C[C@@H]1[C@H](Cn2cnc(Cl)c2Cl)O[C@H](c2ccc(N3C(=O)c4ccccc4C3=O)cc2)O[C@@H]1c1ccc(CO)cc1. The van der Waals surface area contributed by atoms with Crippen molar-refractivity contribution in [1.29, 1.82) is 0 Å². The van der Waals surface area contributed by atoms with Crippen LogP contribution in [0.5, 0.6) is 0 Å². The molecule has 1 aromatic heterocycles. The number of rotatable bonds is 6. The number of imide groups is 1. The molecule has 2 aliphatic heterocycles. The summed E-state index contributed by atoms with van der Waals surface area (Å²) in [5.74, 6) is -0.782. The van der Waals surface area contributed by atoms with E-state index < -0.39 is 6.29 Å². The van der Waals surface area contributed by atoms with Crippen LogP contribution in [-0.2, 0) is 22.6 Å². The number of nitrogens with zero attached hydrogens (tertiary/aromatic N) is 3. The van der Waals surface area contributed by atoms with E-state index in [1.54, 1.807) is 59.4 Å². The predicted octanol–water partition coefficient (Wildman–Crippen LogP) is 5.97. The van der Waals surface area contributed by atoms with E-state index in [1.807, 2.05) is 31.2 Å². The van der Waals surface area contributed by atoms with Crippen molar-refractivity contribution in [2.24, 2.45) is 5.92 Å². The lowest BCUT2D eigenvalue weighted by molar-refractivity contribution is -0.276. The van der Waals surface area contributed by atoms with Crippen molar-refractivity contribution >= 4 is 40.7 Å². The summed E-state index contributed by atoms with van der Waals surface area (Å²) in [7, 11) is 0. The van der Waals surface area contributed by atoms with Gasteiger partial charge in [0.25, 0.3) is 11.8 Å². The fourth-order valence-corrected chi connectivity index (χ4v) is 5.51. The number of halogens is 2. The average molecular weight is 578 g/mol. The van der Waals surface area contributed by atoms with Gasteiger partial charge < -0.3 is 19.1 Å². The normalized spacial score (nSPS) is 22.6. The van der Waals surface area contributed by atoms with Crippen molar-refractivity contribution in [3.8, 4) is 0 Å². The number of benzene rings is 3. The molecular weight excluding hydrogens is 553 g/mol. The van der Waals surface area contributed by atoms with Crippen molar-refractivity contribution in [1.82, 2.24) is 9.55 Å². The van der Waals surface area contributed by atoms with Crippen LogP contribution in [0.2, 0.25) is 10.3 Å². The highest BCUT2D eigenvalue weighted by molar-refractivity contribution is 6.40. The van der Waals surface area contributed by atoms with E-state index in [-0.39, 0.29) is 41.7 Å². The van der Waals surface area contributed by atoms with Gasteiger partial charge in [-0.25, -0.2) is 9.88 Å². The Kier molecular flexibility index (Phi) is 7.20. The Bertz CT molecular complexity index is 1540. The smallest absolute Gasteiger partial charge is 0.266 e. The zero-order chi connectivity index (χ0) is 28.0. The first-order chi connectivity index (χ1) is 19.4. The molecule has 0 radical (unpaired) electrons. The van der Waals surface area contributed by atoms with Gasteiger partial charge in [0, 0.05) is 11.5 Å². The third-order valence-electron chi connectivity index (χ3n) is 7.45. The van der Waals surface area contributed by atoms with Crippen LogP contribution >= 0.6 is 23.2 Å². The van der Waals surface area contributed by atoms with Crippen molar-refractivity contribution in [2.45, 2.75) is 38.6 Å². The minimum atomic E-state index is -0.738. The molecule has 204 valence electrons. The van der Waals surface area contributed by atoms with Crippen LogP contribution in [0.4, 0.5) is 5.69 Å². The van der Waals surface area contributed by atoms with Crippen molar-refractivity contribution < 1.29 is 24.2 Å². The van der Waals surface area contributed by atoms with Gasteiger partial charge in [-0.2, -0.15) is 0 Å². The molecule has 0 spiro atoms. The van der Waals surface area contributed by atoms with Crippen LogP contribution in [0.1, 0.15) is 56.7 Å². The number of carbonyl (C=O) groups excluding carboxylic acids is 2. The van der Waals surface area contributed by atoms with Crippen LogP contribution in [0.25, 0.3) is 0 Å². The van der Waals surface area contributed by atoms with E-state index >= 15 is 0 Å². The molecule has 4 atom stereocenters. The van der Waals surface area contributed by atoms with E-state index in [4.69, 9.17) is 32.7 Å². The summed E-state index contributed by atoms with van der Waals surface area (Å²) < 4.78 is 14.7. The van der Waals surface area contributed by atoms with Crippen LogP contribution in [0, 0.1) is 5.92 Å². The zero-order valence-electron chi connectivity index (χ0n) is 21.4. The topological polar surface area (TPSA) is 93.9 Å². The molecule has 3 aromatic carbocycles. The zero-order valence-corrected chi connectivity index (χ0v) is 22.9. The van der Waals surface area contributed by atoms with Crippen molar-refractivity contribution in [3.63, 3.8) is 0 Å². The number of carbonyl (C=O) groups is 2. The Morgan fingerprint density at radius 3 is 2.08 bits per heavy atom.